The van der Waals surface area contributed by atoms with Gasteiger partial charge in [-0.05, 0) is 18.8 Å². The molecule has 18 heavy (non-hydrogen) atoms. The van der Waals surface area contributed by atoms with E-state index < -0.39 is 12.0 Å². The van der Waals surface area contributed by atoms with Crippen molar-refractivity contribution in [2.24, 2.45) is 5.92 Å². The molecule has 2 saturated heterocycles. The zero-order chi connectivity index (χ0) is 13.3. The first-order valence-electron chi connectivity index (χ1n) is 6.41. The summed E-state index contributed by atoms with van der Waals surface area (Å²) in [5.41, 5.74) is 0. The van der Waals surface area contributed by atoms with E-state index in [0.29, 0.717) is 13.1 Å². The highest BCUT2D eigenvalue weighted by Crippen LogP contribution is 2.26. The van der Waals surface area contributed by atoms with Crippen LogP contribution in [0.4, 0.5) is 4.79 Å². The molecule has 2 unspecified atom stereocenters. The third-order valence-corrected chi connectivity index (χ3v) is 3.54. The van der Waals surface area contributed by atoms with Gasteiger partial charge in [0.2, 0.25) is 0 Å². The zero-order valence-electron chi connectivity index (χ0n) is 10.8. The molecular formula is C12H20N2O4. The molecule has 2 fully saturated rings. The number of rotatable bonds is 3. The molecule has 0 radical (unpaired) electrons. The number of ether oxygens (including phenoxy) is 1. The Bertz CT molecular complexity index is 333. The van der Waals surface area contributed by atoms with Gasteiger partial charge in [-0.3, -0.25) is 0 Å². The predicted octanol–water partition coefficient (Wildman–Crippen LogP) is 0.668. The Balaban J connectivity index is 1.93. The van der Waals surface area contributed by atoms with Crippen LogP contribution in [-0.2, 0) is 9.53 Å². The third kappa shape index (κ3) is 2.75. The SMILES string of the molecule is CC(C)[C@@H](NC(=O)N1CC2CCC(C1)O2)C(=O)O. The van der Waals surface area contributed by atoms with Gasteiger partial charge in [0.15, 0.2) is 0 Å². The summed E-state index contributed by atoms with van der Waals surface area (Å²) < 4.78 is 5.64. The quantitative estimate of drug-likeness (QED) is 0.778. The first kappa shape index (κ1) is 13.1. The van der Waals surface area contributed by atoms with Gasteiger partial charge >= 0.3 is 12.0 Å². The van der Waals surface area contributed by atoms with E-state index in [1.54, 1.807) is 18.7 Å². The lowest BCUT2D eigenvalue weighted by Crippen LogP contribution is -2.54. The molecule has 102 valence electrons. The largest absolute Gasteiger partial charge is 0.480 e. The lowest BCUT2D eigenvalue weighted by molar-refractivity contribution is -0.140. The molecule has 0 saturated carbocycles. The number of likely N-dealkylation sites (tertiary alicyclic amines) is 1. The molecule has 0 aliphatic carbocycles. The maximum absolute atomic E-state index is 12.0. The standard InChI is InChI=1S/C12H20N2O4/c1-7(2)10(11(15)16)13-12(17)14-5-8-3-4-9(6-14)18-8/h7-10H,3-6H2,1-2H3,(H,13,17)(H,15,16)/t8?,9?,10-/m1/s1. The van der Waals surface area contributed by atoms with Gasteiger partial charge in [-0.25, -0.2) is 9.59 Å². The molecule has 2 N–H and O–H groups in total. The van der Waals surface area contributed by atoms with Crippen LogP contribution in [0.1, 0.15) is 26.7 Å². The van der Waals surface area contributed by atoms with Crippen molar-refractivity contribution >= 4 is 12.0 Å². The molecule has 0 spiro atoms. The average Bonchev–Trinajstić information content (AvgIpc) is 2.63. The number of amides is 2. The third-order valence-electron chi connectivity index (χ3n) is 3.54. The van der Waals surface area contributed by atoms with Crippen molar-refractivity contribution in [3.63, 3.8) is 0 Å². The van der Waals surface area contributed by atoms with E-state index in [1.807, 2.05) is 0 Å². The molecule has 2 aliphatic heterocycles. The number of nitrogens with zero attached hydrogens (tertiary/aromatic N) is 1. The van der Waals surface area contributed by atoms with Gasteiger partial charge in [-0.2, -0.15) is 0 Å². The number of carbonyl (C=O) groups is 2. The Morgan fingerprint density at radius 2 is 1.83 bits per heavy atom. The van der Waals surface area contributed by atoms with Crippen molar-refractivity contribution in [1.29, 1.82) is 0 Å². The predicted molar refractivity (Wildman–Crippen MR) is 64.3 cm³/mol. The lowest BCUT2D eigenvalue weighted by atomic mass is 10.1. The molecule has 0 aromatic carbocycles. The molecule has 3 atom stereocenters. The molecule has 0 aromatic heterocycles. The smallest absolute Gasteiger partial charge is 0.326 e. The Labute approximate surface area is 106 Å². The molecule has 2 rings (SSSR count). The maximum Gasteiger partial charge on any atom is 0.326 e. The summed E-state index contributed by atoms with van der Waals surface area (Å²) in [5.74, 6) is -1.13. The Morgan fingerprint density at radius 3 is 2.28 bits per heavy atom. The van der Waals surface area contributed by atoms with Gasteiger partial charge in [0.25, 0.3) is 0 Å². The monoisotopic (exact) mass is 256 g/mol. The maximum atomic E-state index is 12.0. The van der Waals surface area contributed by atoms with E-state index in [4.69, 9.17) is 9.84 Å². The molecular weight excluding hydrogens is 236 g/mol. The van der Waals surface area contributed by atoms with Crippen LogP contribution in [0.3, 0.4) is 0 Å². The molecule has 0 aromatic rings. The van der Waals surface area contributed by atoms with Crippen molar-refractivity contribution < 1.29 is 19.4 Å². The van der Waals surface area contributed by atoms with Gasteiger partial charge in [0.1, 0.15) is 6.04 Å². The van der Waals surface area contributed by atoms with Crippen molar-refractivity contribution in [3.8, 4) is 0 Å². The fourth-order valence-corrected chi connectivity index (χ4v) is 2.52. The summed E-state index contributed by atoms with van der Waals surface area (Å²) in [4.78, 5) is 24.7. The highest BCUT2D eigenvalue weighted by molar-refractivity contribution is 5.82. The lowest BCUT2D eigenvalue weighted by Gasteiger charge is -2.33. The topological polar surface area (TPSA) is 78.9 Å². The minimum absolute atomic E-state index is 0.122. The van der Waals surface area contributed by atoms with E-state index in [9.17, 15) is 9.59 Å². The van der Waals surface area contributed by atoms with Crippen LogP contribution in [0.5, 0.6) is 0 Å². The summed E-state index contributed by atoms with van der Waals surface area (Å²) in [7, 11) is 0. The van der Waals surface area contributed by atoms with Crippen LogP contribution in [0, 0.1) is 5.92 Å². The molecule has 2 amide bonds. The summed E-state index contributed by atoms with van der Waals surface area (Å²) in [5, 5.41) is 11.6. The summed E-state index contributed by atoms with van der Waals surface area (Å²) >= 11 is 0. The molecule has 6 nitrogen and oxygen atoms in total. The average molecular weight is 256 g/mol. The molecule has 2 bridgehead atoms. The van der Waals surface area contributed by atoms with E-state index >= 15 is 0 Å². The van der Waals surface area contributed by atoms with Gasteiger partial charge in [0.05, 0.1) is 12.2 Å². The molecule has 6 heteroatoms. The van der Waals surface area contributed by atoms with Crippen LogP contribution in [0.2, 0.25) is 0 Å². The minimum Gasteiger partial charge on any atom is -0.480 e. The van der Waals surface area contributed by atoms with E-state index in [0.717, 1.165) is 12.8 Å². The van der Waals surface area contributed by atoms with Gasteiger partial charge in [0, 0.05) is 13.1 Å². The number of carbonyl (C=O) groups excluding carboxylic acids is 1. The fourth-order valence-electron chi connectivity index (χ4n) is 2.52. The second kappa shape index (κ2) is 5.14. The normalized spacial score (nSPS) is 28.3. The van der Waals surface area contributed by atoms with Crippen molar-refractivity contribution in [3.05, 3.63) is 0 Å². The Kier molecular flexibility index (Phi) is 3.75. The second-order valence-corrected chi connectivity index (χ2v) is 5.37. The van der Waals surface area contributed by atoms with Crippen molar-refractivity contribution in [2.45, 2.75) is 44.9 Å². The van der Waals surface area contributed by atoms with Crippen LogP contribution in [-0.4, -0.2) is 53.3 Å². The summed E-state index contributed by atoms with van der Waals surface area (Å²) in [6.45, 7) is 4.68. The number of carboxylic acids is 1. The number of morpholine rings is 1. The first-order chi connectivity index (χ1) is 8.47. The van der Waals surface area contributed by atoms with E-state index in [1.165, 1.54) is 0 Å². The van der Waals surface area contributed by atoms with Gasteiger partial charge in [-0.1, -0.05) is 13.8 Å². The number of aliphatic carboxylic acids is 1. The number of hydrogen-bond acceptors (Lipinski definition) is 3. The molecule has 2 aliphatic rings. The number of nitrogens with one attached hydrogen (secondary N) is 1. The highest BCUT2D eigenvalue weighted by Gasteiger charge is 2.36. The first-order valence-corrected chi connectivity index (χ1v) is 6.41. The summed E-state index contributed by atoms with van der Waals surface area (Å²) in [6, 6.07) is -1.13. The van der Waals surface area contributed by atoms with Gasteiger partial charge in [-0.15, -0.1) is 0 Å². The van der Waals surface area contributed by atoms with E-state index in [-0.39, 0.29) is 24.2 Å². The van der Waals surface area contributed by atoms with Crippen LogP contribution < -0.4 is 5.32 Å². The van der Waals surface area contributed by atoms with Crippen LogP contribution in [0.25, 0.3) is 0 Å². The summed E-state index contributed by atoms with van der Waals surface area (Å²) in [6.07, 6.45) is 2.22. The molecule has 2 heterocycles. The Morgan fingerprint density at radius 1 is 1.28 bits per heavy atom. The minimum atomic E-state index is -0.991. The fraction of sp³-hybridized carbons (Fsp3) is 0.833. The van der Waals surface area contributed by atoms with Crippen LogP contribution >= 0.6 is 0 Å². The van der Waals surface area contributed by atoms with E-state index in [2.05, 4.69) is 5.32 Å². The second-order valence-electron chi connectivity index (χ2n) is 5.37. The number of hydrogen-bond donors (Lipinski definition) is 2. The van der Waals surface area contributed by atoms with Crippen molar-refractivity contribution in [1.82, 2.24) is 10.2 Å². The number of carboxylic acid groups (broad SMARTS) is 1. The van der Waals surface area contributed by atoms with Gasteiger partial charge < -0.3 is 20.1 Å². The highest BCUT2D eigenvalue weighted by atomic mass is 16.5. The Hall–Kier alpha value is -1.30. The zero-order valence-corrected chi connectivity index (χ0v) is 10.8. The van der Waals surface area contributed by atoms with Crippen LogP contribution in [0.15, 0.2) is 0 Å². The number of fused-ring (bicyclic) bond motifs is 2. The number of urea groups is 1. The van der Waals surface area contributed by atoms with Crippen molar-refractivity contribution in [2.75, 3.05) is 13.1 Å².